The second-order valence-electron chi connectivity index (χ2n) is 6.05. The van der Waals surface area contributed by atoms with Crippen LogP contribution in [0.1, 0.15) is 23.2 Å². The Hall–Kier alpha value is -2.93. The van der Waals surface area contributed by atoms with Crippen molar-refractivity contribution in [1.29, 1.82) is 0 Å². The molecule has 7 heteroatoms. The number of aromatic nitrogens is 3. The van der Waals surface area contributed by atoms with Crippen molar-refractivity contribution in [1.82, 2.24) is 14.6 Å². The van der Waals surface area contributed by atoms with Crippen molar-refractivity contribution >= 4 is 17.4 Å². The van der Waals surface area contributed by atoms with Crippen molar-refractivity contribution in [2.24, 2.45) is 0 Å². The average Bonchev–Trinajstić information content (AvgIpc) is 3.06. The van der Waals surface area contributed by atoms with Crippen LogP contribution < -0.4 is 5.32 Å². The standard InChI is InChI=1S/C18H18N4O3/c23-18(24)13-3-1-12(2-4-13)15-11-19-17-6-5-16(21-22(15)17)20-14-7-9-25-10-8-14/h1-6,11,14H,7-10H2,(H,20,21)(H,23,24). The Morgan fingerprint density at radius 3 is 2.64 bits per heavy atom. The van der Waals surface area contributed by atoms with Gasteiger partial charge >= 0.3 is 5.97 Å². The fourth-order valence-corrected chi connectivity index (χ4v) is 2.98. The van der Waals surface area contributed by atoms with Crippen LogP contribution in [0.2, 0.25) is 0 Å². The van der Waals surface area contributed by atoms with Crippen molar-refractivity contribution in [2.75, 3.05) is 18.5 Å². The number of ether oxygens (including phenoxy) is 1. The van der Waals surface area contributed by atoms with Crippen LogP contribution in [-0.2, 0) is 4.74 Å². The molecule has 1 aliphatic heterocycles. The van der Waals surface area contributed by atoms with E-state index in [0.29, 0.717) is 6.04 Å². The summed E-state index contributed by atoms with van der Waals surface area (Å²) in [5.41, 5.74) is 2.69. The highest BCUT2D eigenvalue weighted by molar-refractivity contribution is 5.88. The van der Waals surface area contributed by atoms with Gasteiger partial charge in [0.2, 0.25) is 0 Å². The molecule has 1 fully saturated rings. The number of anilines is 1. The van der Waals surface area contributed by atoms with Gasteiger partial charge in [0.05, 0.1) is 17.5 Å². The van der Waals surface area contributed by atoms with Crippen LogP contribution in [0.5, 0.6) is 0 Å². The van der Waals surface area contributed by atoms with Crippen molar-refractivity contribution in [3.63, 3.8) is 0 Å². The molecule has 1 aromatic carbocycles. The summed E-state index contributed by atoms with van der Waals surface area (Å²) in [5, 5.41) is 17.1. The molecule has 2 aromatic heterocycles. The van der Waals surface area contributed by atoms with Crippen molar-refractivity contribution in [2.45, 2.75) is 18.9 Å². The molecule has 0 radical (unpaired) electrons. The van der Waals surface area contributed by atoms with E-state index in [2.05, 4.69) is 15.4 Å². The molecule has 1 saturated heterocycles. The van der Waals surface area contributed by atoms with E-state index in [9.17, 15) is 4.79 Å². The molecular formula is C18H18N4O3. The maximum Gasteiger partial charge on any atom is 0.335 e. The van der Waals surface area contributed by atoms with Crippen LogP contribution in [0.4, 0.5) is 5.82 Å². The van der Waals surface area contributed by atoms with E-state index in [1.54, 1.807) is 35.0 Å². The molecule has 0 saturated carbocycles. The zero-order valence-corrected chi connectivity index (χ0v) is 13.6. The minimum absolute atomic E-state index is 0.257. The van der Waals surface area contributed by atoms with Gasteiger partial charge in [0.25, 0.3) is 0 Å². The number of nitrogens with one attached hydrogen (secondary N) is 1. The van der Waals surface area contributed by atoms with Gasteiger partial charge in [-0.3, -0.25) is 0 Å². The van der Waals surface area contributed by atoms with Crippen LogP contribution in [0.25, 0.3) is 16.9 Å². The zero-order chi connectivity index (χ0) is 17.2. The van der Waals surface area contributed by atoms with Gasteiger partial charge in [-0.1, -0.05) is 12.1 Å². The lowest BCUT2D eigenvalue weighted by Gasteiger charge is -2.23. The molecule has 128 valence electrons. The molecule has 0 atom stereocenters. The number of carboxylic acid groups (broad SMARTS) is 1. The smallest absolute Gasteiger partial charge is 0.335 e. The second kappa shape index (κ2) is 6.52. The summed E-state index contributed by atoms with van der Waals surface area (Å²) in [5.74, 6) is -0.147. The highest BCUT2D eigenvalue weighted by Crippen LogP contribution is 2.22. The van der Waals surface area contributed by atoms with Gasteiger partial charge in [0, 0.05) is 24.8 Å². The average molecular weight is 338 g/mol. The quantitative estimate of drug-likeness (QED) is 0.760. The third kappa shape index (κ3) is 3.18. The summed E-state index contributed by atoms with van der Waals surface area (Å²) in [6, 6.07) is 10.9. The Labute approximate surface area is 144 Å². The number of aromatic carboxylic acids is 1. The third-order valence-corrected chi connectivity index (χ3v) is 4.36. The van der Waals surface area contributed by atoms with E-state index >= 15 is 0 Å². The number of nitrogens with zero attached hydrogens (tertiary/aromatic N) is 3. The van der Waals surface area contributed by atoms with E-state index in [1.807, 2.05) is 12.1 Å². The van der Waals surface area contributed by atoms with Crippen molar-refractivity contribution in [3.05, 3.63) is 48.2 Å². The monoisotopic (exact) mass is 338 g/mol. The van der Waals surface area contributed by atoms with Gasteiger partial charge < -0.3 is 15.2 Å². The van der Waals surface area contributed by atoms with E-state index < -0.39 is 5.97 Å². The third-order valence-electron chi connectivity index (χ3n) is 4.36. The van der Waals surface area contributed by atoms with Crippen LogP contribution >= 0.6 is 0 Å². The number of fused-ring (bicyclic) bond motifs is 1. The highest BCUT2D eigenvalue weighted by Gasteiger charge is 2.15. The molecule has 0 aliphatic carbocycles. The molecule has 3 aromatic rings. The Bertz CT molecular complexity index is 898. The first-order valence-corrected chi connectivity index (χ1v) is 8.23. The number of hydrogen-bond donors (Lipinski definition) is 2. The lowest BCUT2D eigenvalue weighted by Crippen LogP contribution is -2.28. The summed E-state index contributed by atoms with van der Waals surface area (Å²) in [7, 11) is 0. The summed E-state index contributed by atoms with van der Waals surface area (Å²) < 4.78 is 7.16. The zero-order valence-electron chi connectivity index (χ0n) is 13.6. The number of imidazole rings is 1. The fraction of sp³-hybridized carbons (Fsp3) is 0.278. The molecule has 0 unspecified atom stereocenters. The SMILES string of the molecule is O=C(O)c1ccc(-c2cnc3ccc(NC4CCOCC4)nn23)cc1. The molecule has 7 nitrogen and oxygen atoms in total. The van der Waals surface area contributed by atoms with Crippen molar-refractivity contribution in [3.8, 4) is 11.3 Å². The van der Waals surface area contributed by atoms with Crippen LogP contribution in [-0.4, -0.2) is 44.9 Å². The second-order valence-corrected chi connectivity index (χ2v) is 6.05. The molecule has 1 aliphatic rings. The van der Waals surface area contributed by atoms with E-state index in [-0.39, 0.29) is 5.56 Å². The van der Waals surface area contributed by atoms with Crippen molar-refractivity contribution < 1.29 is 14.6 Å². The number of carboxylic acids is 1. The molecule has 25 heavy (non-hydrogen) atoms. The van der Waals surface area contributed by atoms with Gasteiger partial charge in [-0.05, 0) is 37.1 Å². The fourth-order valence-electron chi connectivity index (χ4n) is 2.98. The number of benzene rings is 1. The molecule has 3 heterocycles. The Morgan fingerprint density at radius 1 is 1.16 bits per heavy atom. The normalized spacial score (nSPS) is 15.4. The lowest BCUT2D eigenvalue weighted by atomic mass is 10.1. The van der Waals surface area contributed by atoms with Gasteiger partial charge in [0.1, 0.15) is 5.82 Å². The number of rotatable bonds is 4. The summed E-state index contributed by atoms with van der Waals surface area (Å²) in [6.45, 7) is 1.54. The van der Waals surface area contributed by atoms with Gasteiger partial charge in [-0.25, -0.2) is 14.3 Å². The Morgan fingerprint density at radius 2 is 1.92 bits per heavy atom. The molecule has 0 spiro atoms. The maximum atomic E-state index is 11.0. The first-order chi connectivity index (χ1) is 12.2. The minimum atomic E-state index is -0.939. The molecule has 0 amide bonds. The summed E-state index contributed by atoms with van der Waals surface area (Å²) >= 11 is 0. The number of hydrogen-bond acceptors (Lipinski definition) is 5. The van der Waals surface area contributed by atoms with Gasteiger partial charge in [0.15, 0.2) is 5.65 Å². The highest BCUT2D eigenvalue weighted by atomic mass is 16.5. The first-order valence-electron chi connectivity index (χ1n) is 8.23. The summed E-state index contributed by atoms with van der Waals surface area (Å²) in [6.07, 6.45) is 3.68. The predicted octanol–water partition coefficient (Wildman–Crippen LogP) is 2.69. The Kier molecular flexibility index (Phi) is 4.07. The van der Waals surface area contributed by atoms with Gasteiger partial charge in [-0.2, -0.15) is 0 Å². The molecule has 4 rings (SSSR count). The Balaban J connectivity index is 1.65. The lowest BCUT2D eigenvalue weighted by molar-refractivity contribution is 0.0697. The molecule has 2 N–H and O–H groups in total. The minimum Gasteiger partial charge on any atom is -0.478 e. The van der Waals surface area contributed by atoms with Crippen LogP contribution in [0.3, 0.4) is 0 Å². The first kappa shape index (κ1) is 15.6. The van der Waals surface area contributed by atoms with E-state index in [1.165, 1.54) is 0 Å². The number of carbonyl (C=O) groups is 1. The van der Waals surface area contributed by atoms with E-state index in [4.69, 9.17) is 9.84 Å². The van der Waals surface area contributed by atoms with Crippen LogP contribution in [0, 0.1) is 0 Å². The van der Waals surface area contributed by atoms with Crippen LogP contribution in [0.15, 0.2) is 42.6 Å². The summed E-state index contributed by atoms with van der Waals surface area (Å²) in [4.78, 5) is 15.4. The largest absolute Gasteiger partial charge is 0.478 e. The van der Waals surface area contributed by atoms with E-state index in [0.717, 1.165) is 48.8 Å². The van der Waals surface area contributed by atoms with Gasteiger partial charge in [-0.15, -0.1) is 5.10 Å². The topological polar surface area (TPSA) is 88.8 Å². The predicted molar refractivity (Wildman–Crippen MR) is 92.8 cm³/mol. The molecule has 0 bridgehead atoms. The molecular weight excluding hydrogens is 320 g/mol. The maximum absolute atomic E-state index is 11.0.